The highest BCUT2D eigenvalue weighted by Gasteiger charge is 2.13. The van der Waals surface area contributed by atoms with Crippen LogP contribution >= 0.6 is 0 Å². The lowest BCUT2D eigenvalue weighted by molar-refractivity contribution is -0.155. The molecule has 1 saturated heterocycles. The van der Waals surface area contributed by atoms with Crippen LogP contribution in [0.1, 0.15) is 51.4 Å². The molecule has 1 aliphatic heterocycles. The van der Waals surface area contributed by atoms with E-state index in [1.54, 1.807) is 0 Å². The second-order valence-corrected chi connectivity index (χ2v) is 5.36. The van der Waals surface area contributed by atoms with E-state index in [4.69, 9.17) is 18.9 Å². The van der Waals surface area contributed by atoms with E-state index in [0.29, 0.717) is 38.5 Å². The van der Waals surface area contributed by atoms with Crippen molar-refractivity contribution in [3.8, 4) is 0 Å². The molecule has 0 amide bonds. The monoisotopic (exact) mass is 344 g/mol. The van der Waals surface area contributed by atoms with Gasteiger partial charge in [0.25, 0.3) is 0 Å². The fourth-order valence-corrected chi connectivity index (χ4v) is 1.95. The van der Waals surface area contributed by atoms with Crippen LogP contribution in [0.3, 0.4) is 0 Å². The largest absolute Gasteiger partial charge is 0.465 e. The standard InChI is InChI=1S/C16H24O8/c17-13-11-15(19)23-9-5-2-6-10-24-16(20)12-14(18)22-8-4-1-3-7-21-13/h1-12H2. The van der Waals surface area contributed by atoms with Gasteiger partial charge in [0.15, 0.2) is 0 Å². The van der Waals surface area contributed by atoms with Gasteiger partial charge in [-0.3, -0.25) is 19.2 Å². The molecule has 0 atom stereocenters. The lowest BCUT2D eigenvalue weighted by Gasteiger charge is -2.08. The van der Waals surface area contributed by atoms with E-state index in [-0.39, 0.29) is 26.4 Å². The summed E-state index contributed by atoms with van der Waals surface area (Å²) in [5, 5.41) is 0. The van der Waals surface area contributed by atoms with E-state index in [9.17, 15) is 19.2 Å². The Hall–Kier alpha value is -2.12. The number of hydrogen-bond acceptors (Lipinski definition) is 8. The molecule has 0 unspecified atom stereocenters. The highest BCUT2D eigenvalue weighted by Crippen LogP contribution is 2.03. The van der Waals surface area contributed by atoms with Gasteiger partial charge in [0.1, 0.15) is 12.8 Å². The van der Waals surface area contributed by atoms with Crippen molar-refractivity contribution >= 4 is 23.9 Å². The third kappa shape index (κ3) is 10.6. The second-order valence-electron chi connectivity index (χ2n) is 5.36. The highest BCUT2D eigenvalue weighted by atomic mass is 16.6. The summed E-state index contributed by atoms with van der Waals surface area (Å²) >= 11 is 0. The molecule has 136 valence electrons. The molecule has 0 aliphatic carbocycles. The van der Waals surface area contributed by atoms with Crippen molar-refractivity contribution in [3.63, 3.8) is 0 Å². The molecule has 1 rings (SSSR count). The molecule has 0 radical (unpaired) electrons. The Morgan fingerprint density at radius 3 is 0.917 bits per heavy atom. The van der Waals surface area contributed by atoms with Crippen LogP contribution in [0.15, 0.2) is 0 Å². The topological polar surface area (TPSA) is 105 Å². The Labute approximate surface area is 140 Å². The molecule has 0 spiro atoms. The number of hydrogen-bond donors (Lipinski definition) is 0. The average Bonchev–Trinajstić information content (AvgIpc) is 2.52. The van der Waals surface area contributed by atoms with E-state index in [1.165, 1.54) is 0 Å². The molecule has 0 saturated carbocycles. The average molecular weight is 344 g/mol. The summed E-state index contributed by atoms with van der Waals surface area (Å²) in [6.07, 6.45) is 2.98. The van der Waals surface area contributed by atoms with Crippen LogP contribution < -0.4 is 0 Å². The minimum absolute atomic E-state index is 0.201. The Bertz CT molecular complexity index is 356. The molecule has 0 aromatic carbocycles. The third-order valence-corrected chi connectivity index (χ3v) is 3.21. The second kappa shape index (κ2) is 12.3. The van der Waals surface area contributed by atoms with Gasteiger partial charge >= 0.3 is 23.9 Å². The molecule has 8 nitrogen and oxygen atoms in total. The van der Waals surface area contributed by atoms with Crippen molar-refractivity contribution in [3.05, 3.63) is 0 Å². The van der Waals surface area contributed by atoms with Crippen molar-refractivity contribution in [2.75, 3.05) is 26.4 Å². The summed E-state index contributed by atoms with van der Waals surface area (Å²) < 4.78 is 19.7. The number of carbonyl (C=O) groups is 4. The predicted molar refractivity (Wildman–Crippen MR) is 80.8 cm³/mol. The van der Waals surface area contributed by atoms with Crippen molar-refractivity contribution < 1.29 is 38.1 Å². The van der Waals surface area contributed by atoms with E-state index >= 15 is 0 Å². The molecule has 1 heterocycles. The summed E-state index contributed by atoms with van der Waals surface area (Å²) in [6, 6.07) is 0. The molecule has 0 aromatic rings. The van der Waals surface area contributed by atoms with Gasteiger partial charge in [-0.25, -0.2) is 0 Å². The molecule has 1 aliphatic rings. The first-order valence-electron chi connectivity index (χ1n) is 8.20. The Morgan fingerprint density at radius 1 is 0.417 bits per heavy atom. The SMILES string of the molecule is O=C1CC(=O)OCCCCCOC(=O)CC(=O)OCCCCCO1. The first-order chi connectivity index (χ1) is 11.6. The van der Waals surface area contributed by atoms with E-state index in [2.05, 4.69) is 0 Å². The van der Waals surface area contributed by atoms with E-state index in [0.717, 1.165) is 0 Å². The fourth-order valence-electron chi connectivity index (χ4n) is 1.95. The van der Waals surface area contributed by atoms with E-state index in [1.807, 2.05) is 0 Å². The van der Waals surface area contributed by atoms with Crippen LogP contribution in [0.4, 0.5) is 0 Å². The lowest BCUT2D eigenvalue weighted by atomic mass is 10.2. The number of rotatable bonds is 0. The molecule has 0 N–H and O–H groups in total. The third-order valence-electron chi connectivity index (χ3n) is 3.21. The maximum absolute atomic E-state index is 11.4. The van der Waals surface area contributed by atoms with Gasteiger partial charge in [-0.15, -0.1) is 0 Å². The normalized spacial score (nSPS) is 21.0. The first-order valence-corrected chi connectivity index (χ1v) is 8.20. The molecule has 0 aromatic heterocycles. The van der Waals surface area contributed by atoms with Gasteiger partial charge in [-0.1, -0.05) is 0 Å². The molecule has 1 fully saturated rings. The quantitative estimate of drug-likeness (QED) is 0.368. The van der Waals surface area contributed by atoms with Gasteiger partial charge in [-0.05, 0) is 38.5 Å². The number of esters is 4. The fraction of sp³-hybridized carbons (Fsp3) is 0.750. The van der Waals surface area contributed by atoms with Crippen LogP contribution in [0.25, 0.3) is 0 Å². The van der Waals surface area contributed by atoms with Crippen molar-refractivity contribution in [1.82, 2.24) is 0 Å². The van der Waals surface area contributed by atoms with Crippen LogP contribution in [-0.2, 0) is 38.1 Å². The number of ether oxygens (including phenoxy) is 4. The van der Waals surface area contributed by atoms with Crippen LogP contribution in [0.2, 0.25) is 0 Å². The van der Waals surface area contributed by atoms with Crippen molar-refractivity contribution in [2.45, 2.75) is 51.4 Å². The Morgan fingerprint density at radius 2 is 0.667 bits per heavy atom. The van der Waals surface area contributed by atoms with Crippen molar-refractivity contribution in [2.24, 2.45) is 0 Å². The lowest BCUT2D eigenvalue weighted by Crippen LogP contribution is -2.16. The number of carbonyl (C=O) groups excluding carboxylic acids is 4. The Balaban J connectivity index is 2.34. The van der Waals surface area contributed by atoms with Gasteiger partial charge in [0.2, 0.25) is 0 Å². The maximum Gasteiger partial charge on any atom is 0.317 e. The summed E-state index contributed by atoms with van der Waals surface area (Å²) in [6.45, 7) is 0.803. The Kier molecular flexibility index (Phi) is 10.2. The van der Waals surface area contributed by atoms with E-state index < -0.39 is 36.7 Å². The van der Waals surface area contributed by atoms with Gasteiger partial charge in [-0.2, -0.15) is 0 Å². The summed E-state index contributed by atoms with van der Waals surface area (Å²) in [7, 11) is 0. The summed E-state index contributed by atoms with van der Waals surface area (Å²) in [4.78, 5) is 45.6. The van der Waals surface area contributed by atoms with Crippen LogP contribution in [0, 0.1) is 0 Å². The zero-order valence-electron chi connectivity index (χ0n) is 13.8. The predicted octanol–water partition coefficient (Wildman–Crippen LogP) is 1.29. The van der Waals surface area contributed by atoms with Crippen LogP contribution in [0.5, 0.6) is 0 Å². The van der Waals surface area contributed by atoms with Crippen LogP contribution in [-0.4, -0.2) is 50.3 Å². The van der Waals surface area contributed by atoms with Gasteiger partial charge in [0.05, 0.1) is 26.4 Å². The summed E-state index contributed by atoms with van der Waals surface area (Å²) in [5.41, 5.74) is 0. The zero-order chi connectivity index (χ0) is 17.6. The minimum Gasteiger partial charge on any atom is -0.465 e. The number of cyclic esters (lactones) is 4. The maximum atomic E-state index is 11.4. The molecule has 8 heteroatoms. The molecule has 24 heavy (non-hydrogen) atoms. The molecular weight excluding hydrogens is 320 g/mol. The first kappa shape index (κ1) is 19.9. The zero-order valence-corrected chi connectivity index (χ0v) is 13.8. The van der Waals surface area contributed by atoms with Gasteiger partial charge in [0, 0.05) is 0 Å². The molecule has 0 bridgehead atoms. The highest BCUT2D eigenvalue weighted by molar-refractivity contribution is 5.91. The smallest absolute Gasteiger partial charge is 0.317 e. The molecular formula is C16H24O8. The van der Waals surface area contributed by atoms with Gasteiger partial charge < -0.3 is 18.9 Å². The van der Waals surface area contributed by atoms with Crippen molar-refractivity contribution in [1.29, 1.82) is 0 Å². The minimum atomic E-state index is -0.604. The summed E-state index contributed by atoms with van der Waals surface area (Å²) in [5.74, 6) is -2.42.